The van der Waals surface area contributed by atoms with E-state index in [4.69, 9.17) is 4.74 Å². The molecule has 0 saturated carbocycles. The number of aryl methyl sites for hydroxylation is 1. The molecule has 1 N–H and O–H groups in total. The van der Waals surface area contributed by atoms with E-state index in [1.807, 2.05) is 61.5 Å². The Morgan fingerprint density at radius 1 is 0.977 bits per heavy atom. The summed E-state index contributed by atoms with van der Waals surface area (Å²) in [5.41, 5.74) is 4.12. The van der Waals surface area contributed by atoms with Gasteiger partial charge in [0.1, 0.15) is 6.07 Å². The van der Waals surface area contributed by atoms with Crippen LogP contribution in [0.5, 0.6) is 0 Å². The van der Waals surface area contributed by atoms with Crippen LogP contribution in [0.2, 0.25) is 0 Å². The maximum atomic E-state index is 11.6. The number of nitrogens with one attached hydrogen (secondary N) is 1. The van der Waals surface area contributed by atoms with Gasteiger partial charge >= 0.3 is 0 Å². The molecule has 0 fully saturated rings. The van der Waals surface area contributed by atoms with E-state index in [1.54, 1.807) is 26.0 Å². The molecule has 0 amide bonds. The lowest BCUT2D eigenvalue weighted by Crippen LogP contribution is -2.12. The Balaban J connectivity index is -0.000000177. The van der Waals surface area contributed by atoms with Crippen LogP contribution in [0.15, 0.2) is 46.7 Å². The lowest BCUT2D eigenvalue weighted by molar-refractivity contribution is 0.101. The third-order valence-corrected chi connectivity index (χ3v) is 5.66. The molecule has 1 rings (SSSR count). The zero-order valence-electron chi connectivity index (χ0n) is 31.8. The minimum absolute atomic E-state index is 0. The molecule has 0 spiro atoms. The molecule has 5 nitrogen and oxygen atoms in total. The average Bonchev–Trinajstić information content (AvgIpc) is 2.97. The van der Waals surface area contributed by atoms with E-state index in [-0.39, 0.29) is 19.3 Å². The van der Waals surface area contributed by atoms with Crippen molar-refractivity contribution in [2.45, 2.75) is 170 Å². The number of carbonyl (C=O) groups is 1. The summed E-state index contributed by atoms with van der Waals surface area (Å²) < 4.78 is 5.73. The molecule has 0 aliphatic rings. The number of carbonyl (C=O) groups excluding carboxylic acids is 1. The van der Waals surface area contributed by atoms with Gasteiger partial charge in [0, 0.05) is 18.2 Å². The first-order chi connectivity index (χ1) is 20.2. The summed E-state index contributed by atoms with van der Waals surface area (Å²) in [5, 5.41) is 12.7. The van der Waals surface area contributed by atoms with Crippen molar-refractivity contribution < 1.29 is 9.53 Å². The molecule has 258 valence electrons. The molecule has 5 heteroatoms. The number of Topliss-reactive ketones (excluding diaryl/α,β-unsaturated/α-hetero) is 1. The summed E-state index contributed by atoms with van der Waals surface area (Å²) in [4.78, 5) is 16.0. The summed E-state index contributed by atoms with van der Waals surface area (Å²) in [6, 6.07) is 7.55. The molecule has 0 aliphatic heterocycles. The maximum Gasteiger partial charge on any atom is 0.185 e. The van der Waals surface area contributed by atoms with Gasteiger partial charge in [0.15, 0.2) is 11.7 Å². The minimum atomic E-state index is -0.0190. The number of unbranched alkanes of at least 4 members (excludes halogenated alkanes) is 1. The van der Waals surface area contributed by atoms with Gasteiger partial charge < -0.3 is 10.1 Å². The van der Waals surface area contributed by atoms with E-state index >= 15 is 0 Å². The van der Waals surface area contributed by atoms with Crippen LogP contribution in [-0.2, 0) is 4.74 Å². The van der Waals surface area contributed by atoms with Gasteiger partial charge in [-0.3, -0.25) is 4.79 Å². The number of hydrogen-bond donors (Lipinski definition) is 1. The van der Waals surface area contributed by atoms with Crippen molar-refractivity contribution >= 4 is 17.4 Å². The number of nitrogens with zero attached hydrogens (tertiary/aromatic N) is 2. The number of benzene rings is 1. The van der Waals surface area contributed by atoms with E-state index < -0.39 is 0 Å². The molecule has 1 aromatic rings. The van der Waals surface area contributed by atoms with E-state index in [0.717, 1.165) is 24.1 Å². The second-order valence-corrected chi connectivity index (χ2v) is 10.5. The Kier molecular flexibility index (Phi) is 42.2. The van der Waals surface area contributed by atoms with E-state index in [0.29, 0.717) is 33.8 Å². The van der Waals surface area contributed by atoms with Crippen LogP contribution in [0, 0.1) is 23.7 Å². The molecule has 0 radical (unpaired) electrons. The fourth-order valence-corrected chi connectivity index (χ4v) is 2.64. The zero-order chi connectivity index (χ0) is 35.2. The molecule has 0 aliphatic carbocycles. The molecule has 0 heterocycles. The fraction of sp³-hybridized carbons (Fsp3) is 0.667. The Morgan fingerprint density at radius 2 is 1.43 bits per heavy atom. The first-order valence-corrected chi connectivity index (χ1v) is 16.6. The molecule has 0 bridgehead atoms. The number of rotatable bonds is 9. The summed E-state index contributed by atoms with van der Waals surface area (Å²) in [6.45, 7) is 40.3. The Bertz CT molecular complexity index is 943. The molecule has 44 heavy (non-hydrogen) atoms. The first-order valence-electron chi connectivity index (χ1n) is 16.6. The molecule has 1 unspecified atom stereocenters. The highest BCUT2D eigenvalue weighted by molar-refractivity contribution is 5.95. The topological polar surface area (TPSA) is 74.5 Å². The van der Waals surface area contributed by atoms with E-state index in [9.17, 15) is 10.1 Å². The van der Waals surface area contributed by atoms with Crippen molar-refractivity contribution in [3.05, 3.63) is 52.9 Å². The predicted molar refractivity (Wildman–Crippen MR) is 202 cm³/mol. The SMILES string of the molecule is C.C=C(Nc1cc(C(C)=O)ccc1C)/C(C#N)=C(/C)N=C(C)OC(C)CCC.CC.CC.CC.CCC(C)(C)C.CCCC. The number of nitriles is 1. The van der Waals surface area contributed by atoms with Gasteiger partial charge in [-0.1, -0.05) is 142 Å². The average molecular weight is 618 g/mol. The first kappa shape index (κ1) is 53.7. The van der Waals surface area contributed by atoms with Crippen LogP contribution < -0.4 is 5.32 Å². The number of aliphatic imine (C=N–C) groups is 1. The smallest absolute Gasteiger partial charge is 0.185 e. The highest BCUT2D eigenvalue weighted by atomic mass is 16.5. The third kappa shape index (κ3) is 30.6. The highest BCUT2D eigenvalue weighted by Crippen LogP contribution is 2.23. The molecule has 0 saturated heterocycles. The van der Waals surface area contributed by atoms with Gasteiger partial charge in [0.2, 0.25) is 0 Å². The van der Waals surface area contributed by atoms with Crippen LogP contribution in [0.3, 0.4) is 0 Å². The molecular formula is C39H75N3O2. The monoisotopic (exact) mass is 618 g/mol. The number of hydrogen-bond acceptors (Lipinski definition) is 5. The Labute approximate surface area is 276 Å². The maximum absolute atomic E-state index is 11.6. The van der Waals surface area contributed by atoms with Crippen molar-refractivity contribution in [3.8, 4) is 6.07 Å². The second-order valence-electron chi connectivity index (χ2n) is 10.5. The Morgan fingerprint density at radius 3 is 1.77 bits per heavy atom. The van der Waals surface area contributed by atoms with Gasteiger partial charge in [0.05, 0.1) is 23.1 Å². The van der Waals surface area contributed by atoms with Gasteiger partial charge in [0.25, 0.3) is 0 Å². The van der Waals surface area contributed by atoms with Gasteiger partial charge in [-0.05, 0) is 51.2 Å². The molecule has 1 atom stereocenters. The summed E-state index contributed by atoms with van der Waals surface area (Å²) >= 11 is 0. The number of anilines is 1. The molecule has 0 aromatic heterocycles. The lowest BCUT2D eigenvalue weighted by atomic mass is 9.94. The predicted octanol–water partition coefficient (Wildman–Crippen LogP) is 13.5. The number of allylic oxidation sites excluding steroid dienone is 2. The summed E-state index contributed by atoms with van der Waals surface area (Å²) in [5.74, 6) is 0.498. The van der Waals surface area contributed by atoms with Crippen molar-refractivity contribution in [2.75, 3.05) is 5.32 Å². The van der Waals surface area contributed by atoms with Crippen molar-refractivity contribution in [3.63, 3.8) is 0 Å². The normalized spacial score (nSPS) is 10.9. The number of ether oxygens (including phenoxy) is 1. The van der Waals surface area contributed by atoms with E-state index in [1.165, 1.54) is 26.2 Å². The molecule has 1 aromatic carbocycles. The van der Waals surface area contributed by atoms with E-state index in [2.05, 4.69) is 71.4 Å². The largest absolute Gasteiger partial charge is 0.478 e. The third-order valence-electron chi connectivity index (χ3n) is 5.66. The zero-order valence-corrected chi connectivity index (χ0v) is 31.8. The standard InChI is InChI=1S/C22H29N3O2.C6H14.C4H10.3C2H6.CH4/c1-8-9-15(3)27-19(7)24-16(4)21(13-23)17(5)25-22-12-20(18(6)26)11-10-14(22)2;1-5-6(2,3)4;1-3-4-2;3*1-2;/h10-12,15,25H,5,8-9H2,1-4,6-7H3;5H2,1-4H3;3-4H2,1-2H3;3*1-2H3;1H4/b21-16-,24-19?;;;;;;. The van der Waals surface area contributed by atoms with Crippen molar-refractivity contribution in [1.29, 1.82) is 5.26 Å². The lowest BCUT2D eigenvalue weighted by Gasteiger charge is -2.15. The second kappa shape index (κ2) is 34.6. The van der Waals surface area contributed by atoms with Crippen molar-refractivity contribution in [1.82, 2.24) is 0 Å². The number of ketones is 1. The van der Waals surface area contributed by atoms with Crippen LogP contribution >= 0.6 is 0 Å². The van der Waals surface area contributed by atoms with Crippen LogP contribution in [0.1, 0.15) is 173 Å². The summed E-state index contributed by atoms with van der Waals surface area (Å²) in [6.07, 6.45) is 5.97. The summed E-state index contributed by atoms with van der Waals surface area (Å²) in [7, 11) is 0. The molecular weight excluding hydrogens is 542 g/mol. The minimum Gasteiger partial charge on any atom is -0.478 e. The van der Waals surface area contributed by atoms with Crippen molar-refractivity contribution in [2.24, 2.45) is 10.4 Å². The van der Waals surface area contributed by atoms with Gasteiger partial charge in [-0.2, -0.15) is 5.26 Å². The van der Waals surface area contributed by atoms with Crippen LogP contribution in [0.4, 0.5) is 5.69 Å². The van der Waals surface area contributed by atoms with Gasteiger partial charge in [-0.15, -0.1) is 0 Å². The van der Waals surface area contributed by atoms with Gasteiger partial charge in [-0.25, -0.2) is 4.99 Å². The van der Waals surface area contributed by atoms with Crippen LogP contribution in [0.25, 0.3) is 0 Å². The highest BCUT2D eigenvalue weighted by Gasteiger charge is 2.11. The quantitative estimate of drug-likeness (QED) is 0.0983. The van der Waals surface area contributed by atoms with Crippen LogP contribution in [-0.4, -0.2) is 17.8 Å². The Hall–Kier alpha value is -2.87. The fourth-order valence-electron chi connectivity index (χ4n) is 2.64.